The van der Waals surface area contributed by atoms with Gasteiger partial charge in [0, 0.05) is 66.1 Å². The van der Waals surface area contributed by atoms with Gasteiger partial charge in [0.2, 0.25) is 0 Å². The van der Waals surface area contributed by atoms with E-state index in [0.717, 1.165) is 63.2 Å². The predicted octanol–water partition coefficient (Wildman–Crippen LogP) is 4.44. The van der Waals surface area contributed by atoms with E-state index < -0.39 is 23.0 Å². The average Bonchev–Trinajstić information content (AvgIpc) is 3.64. The molecule has 5 aliphatic rings. The molecule has 0 amide bonds. The van der Waals surface area contributed by atoms with Crippen molar-refractivity contribution in [3.8, 4) is 0 Å². The van der Waals surface area contributed by atoms with Crippen molar-refractivity contribution >= 4 is 46.7 Å². The lowest BCUT2D eigenvalue weighted by Crippen LogP contribution is -2.63. The van der Waals surface area contributed by atoms with Gasteiger partial charge in [-0.15, -0.1) is 18.3 Å². The molecule has 2 heterocycles. The maximum absolute atomic E-state index is 13.6. The van der Waals surface area contributed by atoms with Gasteiger partial charge in [-0.25, -0.2) is 0 Å². The van der Waals surface area contributed by atoms with Crippen LogP contribution in [-0.4, -0.2) is 77.8 Å². The van der Waals surface area contributed by atoms with Gasteiger partial charge in [0.05, 0.1) is 11.9 Å². The van der Waals surface area contributed by atoms with Crippen LogP contribution in [0.1, 0.15) is 72.6 Å². The molecule has 1 aromatic carbocycles. The summed E-state index contributed by atoms with van der Waals surface area (Å²) in [6, 6.07) is 0.0821. The second-order valence-corrected chi connectivity index (χ2v) is 17.3. The Labute approximate surface area is 275 Å². The number of aliphatic hydroxyl groups is 1. The van der Waals surface area contributed by atoms with Gasteiger partial charge in [-0.05, 0) is 55.8 Å². The van der Waals surface area contributed by atoms with Gasteiger partial charge in [-0.2, -0.15) is 11.8 Å². The lowest BCUT2D eigenvalue weighted by molar-refractivity contribution is -0.205. The molecular formula is C35H50N2O6S2. The minimum Gasteiger partial charge on any atom is -0.461 e. The number of rotatable bonds is 8. The van der Waals surface area contributed by atoms with Gasteiger partial charge in [-0.3, -0.25) is 19.2 Å². The van der Waals surface area contributed by atoms with E-state index in [1.54, 1.807) is 0 Å². The molecule has 248 valence electrons. The van der Waals surface area contributed by atoms with Crippen molar-refractivity contribution in [2.45, 2.75) is 90.9 Å². The fourth-order valence-corrected chi connectivity index (χ4v) is 11.9. The van der Waals surface area contributed by atoms with Crippen LogP contribution in [0, 0.1) is 34.0 Å². The molecule has 6 rings (SSSR count). The summed E-state index contributed by atoms with van der Waals surface area (Å²) >= 11 is 3.38. The van der Waals surface area contributed by atoms with Crippen molar-refractivity contribution in [1.29, 1.82) is 0 Å². The number of aliphatic hydroxyl groups excluding tert-OH is 1. The number of carbonyl (C=O) groups excluding carboxylic acids is 2. The number of carbonyl (C=O) groups is 2. The molecule has 8 nitrogen and oxygen atoms in total. The zero-order valence-corrected chi connectivity index (χ0v) is 29.0. The van der Waals surface area contributed by atoms with Gasteiger partial charge in [0.1, 0.15) is 23.3 Å². The minimum atomic E-state index is -0.686. The molecule has 3 saturated carbocycles. The molecule has 1 N–H and O–H groups in total. The number of Topliss-reactive ketones (excluding diaryl/α,β-unsaturated/α-hetero) is 1. The normalized spacial score (nSPS) is 40.2. The molecule has 2 aliphatic heterocycles. The van der Waals surface area contributed by atoms with Crippen molar-refractivity contribution in [2.24, 2.45) is 34.0 Å². The molecule has 0 radical (unpaired) electrons. The van der Waals surface area contributed by atoms with Gasteiger partial charge < -0.3 is 19.6 Å². The van der Waals surface area contributed by atoms with E-state index in [9.17, 15) is 24.3 Å². The number of hydrogen-bond acceptors (Lipinski definition) is 10. The molecule has 10 heteroatoms. The molecule has 0 spiro atoms. The summed E-state index contributed by atoms with van der Waals surface area (Å²) in [7, 11) is 0. The SMILES string of the molecule is C=C[C@]1(C)C[C@@H](OC(=O)CSCC2CCCN2c2c(N3CCSCC3)c(=O)c2=O)[C@]2(C)[C@H](C)CC[C@]3(CCC(=O)[C@H]32)[C@@H](C)[C@@H]1O. The zero-order valence-electron chi connectivity index (χ0n) is 27.3. The van der Waals surface area contributed by atoms with Gasteiger partial charge in [0.15, 0.2) is 0 Å². The highest BCUT2D eigenvalue weighted by Crippen LogP contribution is 2.68. The topological polar surface area (TPSA) is 104 Å². The number of ketones is 1. The van der Waals surface area contributed by atoms with Crippen LogP contribution < -0.4 is 20.7 Å². The van der Waals surface area contributed by atoms with E-state index in [4.69, 9.17) is 4.74 Å². The Kier molecular flexibility index (Phi) is 9.09. The van der Waals surface area contributed by atoms with E-state index in [2.05, 4.69) is 37.1 Å². The van der Waals surface area contributed by atoms with Crippen LogP contribution in [0.15, 0.2) is 22.2 Å². The summed E-state index contributed by atoms with van der Waals surface area (Å²) in [5.74, 6) is 2.57. The van der Waals surface area contributed by atoms with Gasteiger partial charge >= 0.3 is 5.97 Å². The molecule has 45 heavy (non-hydrogen) atoms. The van der Waals surface area contributed by atoms with Crippen LogP contribution in [-0.2, 0) is 14.3 Å². The lowest BCUT2D eigenvalue weighted by atomic mass is 9.44. The smallest absolute Gasteiger partial charge is 0.316 e. The highest BCUT2D eigenvalue weighted by atomic mass is 32.2. The standard InChI is InChI=1S/C35H50N2O6S2/c1-6-33(4)18-25(34(5)21(2)9-11-35(22(3)32(33)42)12-10-24(38)31(34)35)43-26(39)20-45-19-23-8-7-13-37(23)28-27(29(40)30(28)41)36-14-16-44-17-15-36/h6,21-23,25,31-32,42H,1,7-20H2,2-5H3/t21-,22+,23?,25-,31+,32+,33-,34+,35+/m1/s1. The zero-order chi connectivity index (χ0) is 32.3. The lowest BCUT2D eigenvalue weighted by Gasteiger charge is -2.61. The fraction of sp³-hybridized carbons (Fsp3) is 0.771. The van der Waals surface area contributed by atoms with Crippen molar-refractivity contribution in [1.82, 2.24) is 0 Å². The number of nitrogens with zero attached hydrogens (tertiary/aromatic N) is 2. The third-order valence-electron chi connectivity index (χ3n) is 13.0. The molecular weight excluding hydrogens is 609 g/mol. The molecule has 9 atom stereocenters. The first-order valence-electron chi connectivity index (χ1n) is 16.9. The second-order valence-electron chi connectivity index (χ2n) is 15.0. The third kappa shape index (κ3) is 5.24. The van der Waals surface area contributed by atoms with E-state index in [0.29, 0.717) is 30.0 Å². The summed E-state index contributed by atoms with van der Waals surface area (Å²) in [6.07, 6.45) is 6.05. The summed E-state index contributed by atoms with van der Waals surface area (Å²) in [5.41, 5.74) is -1.05. The summed E-state index contributed by atoms with van der Waals surface area (Å²) in [6.45, 7) is 14.9. The van der Waals surface area contributed by atoms with Crippen LogP contribution in [0.25, 0.3) is 0 Å². The Hall–Kier alpha value is -1.78. The molecule has 1 aromatic rings. The number of anilines is 2. The van der Waals surface area contributed by atoms with Crippen LogP contribution in [0.3, 0.4) is 0 Å². The number of esters is 1. The Bertz CT molecular complexity index is 1400. The number of hydrogen-bond donors (Lipinski definition) is 1. The van der Waals surface area contributed by atoms with Gasteiger partial charge in [0.25, 0.3) is 10.9 Å². The van der Waals surface area contributed by atoms with Crippen molar-refractivity contribution in [3.63, 3.8) is 0 Å². The van der Waals surface area contributed by atoms with E-state index in [1.807, 2.05) is 24.8 Å². The van der Waals surface area contributed by atoms with Crippen molar-refractivity contribution in [3.05, 3.63) is 33.1 Å². The molecule has 5 fully saturated rings. The highest BCUT2D eigenvalue weighted by molar-refractivity contribution is 8.00. The van der Waals surface area contributed by atoms with E-state index in [1.165, 1.54) is 11.8 Å². The molecule has 2 bridgehead atoms. The maximum Gasteiger partial charge on any atom is 0.316 e. The average molecular weight is 659 g/mol. The van der Waals surface area contributed by atoms with Crippen molar-refractivity contribution < 1.29 is 19.4 Å². The monoisotopic (exact) mass is 658 g/mol. The summed E-state index contributed by atoms with van der Waals surface area (Å²) in [4.78, 5) is 56.8. The first kappa shape index (κ1) is 33.1. The largest absolute Gasteiger partial charge is 0.461 e. The Morgan fingerprint density at radius 1 is 1.09 bits per heavy atom. The van der Waals surface area contributed by atoms with Crippen LogP contribution in [0.4, 0.5) is 11.4 Å². The van der Waals surface area contributed by atoms with Crippen LogP contribution >= 0.6 is 23.5 Å². The molecule has 2 saturated heterocycles. The number of ether oxygens (including phenoxy) is 1. The third-order valence-corrected chi connectivity index (χ3v) is 15.0. The van der Waals surface area contributed by atoms with E-state index >= 15 is 0 Å². The second kappa shape index (κ2) is 12.3. The predicted molar refractivity (Wildman–Crippen MR) is 183 cm³/mol. The molecule has 0 aromatic heterocycles. The van der Waals surface area contributed by atoms with Crippen molar-refractivity contribution in [2.75, 3.05) is 52.4 Å². The highest BCUT2D eigenvalue weighted by Gasteiger charge is 2.68. The van der Waals surface area contributed by atoms with E-state index in [-0.39, 0.29) is 57.6 Å². The Balaban J connectivity index is 1.17. The maximum atomic E-state index is 13.6. The minimum absolute atomic E-state index is 0.0624. The molecule has 3 aliphatic carbocycles. The first-order chi connectivity index (χ1) is 21.4. The van der Waals surface area contributed by atoms with Gasteiger partial charge in [-0.1, -0.05) is 33.8 Å². The fourth-order valence-electron chi connectivity index (χ4n) is 9.99. The quantitative estimate of drug-likeness (QED) is 0.245. The Morgan fingerprint density at radius 3 is 2.51 bits per heavy atom. The Morgan fingerprint density at radius 2 is 1.80 bits per heavy atom. The first-order valence-corrected chi connectivity index (χ1v) is 19.2. The van der Waals surface area contributed by atoms with Crippen LogP contribution in [0.2, 0.25) is 0 Å². The summed E-state index contributed by atoms with van der Waals surface area (Å²) in [5, 5.41) is 11.8. The number of thioether (sulfide) groups is 2. The molecule has 1 unspecified atom stereocenters. The van der Waals surface area contributed by atoms with Crippen LogP contribution in [0.5, 0.6) is 0 Å². The summed E-state index contributed by atoms with van der Waals surface area (Å²) < 4.78 is 6.42.